The Hall–Kier alpha value is -4.05. The van der Waals surface area contributed by atoms with Crippen molar-refractivity contribution >= 4 is 12.0 Å². The summed E-state index contributed by atoms with van der Waals surface area (Å²) in [6.45, 7) is 5.96. The molecule has 7 heteroatoms. The lowest BCUT2D eigenvalue weighted by Crippen LogP contribution is -2.27. The molecule has 1 aromatic heterocycles. The highest BCUT2D eigenvalue weighted by Crippen LogP contribution is 2.33. The van der Waals surface area contributed by atoms with E-state index in [4.69, 9.17) is 9.47 Å². The Labute approximate surface area is 187 Å². The molecule has 0 aliphatic rings. The standard InChI is InChI=1S/C25H26N4O3/c1-15-6-7-18(10-16(15)2)17(3)28-25(30)20(13-26)11-21-14-27-29-24(21)19-8-9-22(31-4)23(12-19)32-5/h6-12,14,17H,1-5H3,(H,27,29)(H,28,30)/b20-11-. The van der Waals surface area contributed by atoms with Gasteiger partial charge in [-0.15, -0.1) is 0 Å². The molecule has 0 bridgehead atoms. The van der Waals surface area contributed by atoms with Gasteiger partial charge < -0.3 is 14.8 Å². The number of nitrogens with zero attached hydrogens (tertiary/aromatic N) is 2. The van der Waals surface area contributed by atoms with Crippen molar-refractivity contribution in [2.45, 2.75) is 26.8 Å². The van der Waals surface area contributed by atoms with Gasteiger partial charge in [-0.25, -0.2) is 0 Å². The molecule has 0 radical (unpaired) electrons. The van der Waals surface area contributed by atoms with Crippen LogP contribution in [0.25, 0.3) is 17.3 Å². The number of amides is 1. The predicted octanol–water partition coefficient (Wildman–Crippen LogP) is 4.50. The van der Waals surface area contributed by atoms with Crippen LogP contribution in [-0.2, 0) is 4.79 Å². The Bertz CT molecular complexity index is 1200. The highest BCUT2D eigenvalue weighted by molar-refractivity contribution is 6.02. The van der Waals surface area contributed by atoms with Crippen LogP contribution < -0.4 is 14.8 Å². The molecule has 2 N–H and O–H groups in total. The van der Waals surface area contributed by atoms with Crippen molar-refractivity contribution in [2.75, 3.05) is 14.2 Å². The van der Waals surface area contributed by atoms with Crippen molar-refractivity contribution < 1.29 is 14.3 Å². The zero-order valence-corrected chi connectivity index (χ0v) is 18.8. The maximum Gasteiger partial charge on any atom is 0.262 e. The lowest BCUT2D eigenvalue weighted by Gasteiger charge is -2.15. The minimum Gasteiger partial charge on any atom is -0.493 e. The fourth-order valence-corrected chi connectivity index (χ4v) is 3.32. The molecule has 0 saturated carbocycles. The van der Waals surface area contributed by atoms with Crippen LogP contribution in [0.1, 0.15) is 35.2 Å². The van der Waals surface area contributed by atoms with Gasteiger partial charge in [-0.3, -0.25) is 9.89 Å². The number of methoxy groups -OCH3 is 2. The van der Waals surface area contributed by atoms with Crippen molar-refractivity contribution in [2.24, 2.45) is 0 Å². The first-order chi connectivity index (χ1) is 15.4. The number of carbonyl (C=O) groups excluding carboxylic acids is 1. The summed E-state index contributed by atoms with van der Waals surface area (Å²) in [6.07, 6.45) is 3.10. The van der Waals surface area contributed by atoms with Gasteiger partial charge in [-0.1, -0.05) is 18.2 Å². The highest BCUT2D eigenvalue weighted by atomic mass is 16.5. The number of hydrogen-bond donors (Lipinski definition) is 2. The summed E-state index contributed by atoms with van der Waals surface area (Å²) in [5, 5.41) is 19.5. The van der Waals surface area contributed by atoms with E-state index >= 15 is 0 Å². The van der Waals surface area contributed by atoms with Crippen LogP contribution in [0.15, 0.2) is 48.2 Å². The fraction of sp³-hybridized carbons (Fsp3) is 0.240. The maximum atomic E-state index is 12.8. The number of nitriles is 1. The molecule has 7 nitrogen and oxygen atoms in total. The summed E-state index contributed by atoms with van der Waals surface area (Å²) >= 11 is 0. The third kappa shape index (κ3) is 4.81. The van der Waals surface area contributed by atoms with Crippen LogP contribution in [0.4, 0.5) is 0 Å². The van der Waals surface area contributed by atoms with Gasteiger partial charge in [0.15, 0.2) is 11.5 Å². The number of ether oxygens (including phenoxy) is 2. The smallest absolute Gasteiger partial charge is 0.262 e. The van der Waals surface area contributed by atoms with Crippen molar-refractivity contribution in [1.29, 1.82) is 5.26 Å². The number of benzene rings is 2. The van der Waals surface area contributed by atoms with Crippen LogP contribution in [-0.4, -0.2) is 30.3 Å². The van der Waals surface area contributed by atoms with Crippen molar-refractivity contribution in [3.05, 3.63) is 70.4 Å². The summed E-state index contributed by atoms with van der Waals surface area (Å²) in [5.74, 6) is 0.720. The van der Waals surface area contributed by atoms with Crippen LogP contribution in [0.3, 0.4) is 0 Å². The minimum atomic E-state index is -0.447. The number of rotatable bonds is 7. The number of aromatic amines is 1. The van der Waals surface area contributed by atoms with Gasteiger partial charge in [0.05, 0.1) is 32.2 Å². The molecule has 0 spiro atoms. The molecule has 1 heterocycles. The molecule has 0 aliphatic carbocycles. The van der Waals surface area contributed by atoms with Crippen LogP contribution in [0, 0.1) is 25.2 Å². The summed E-state index contributed by atoms with van der Waals surface area (Å²) in [7, 11) is 3.13. The van der Waals surface area contributed by atoms with Gasteiger partial charge in [0.1, 0.15) is 11.6 Å². The topological polar surface area (TPSA) is 100 Å². The third-order valence-corrected chi connectivity index (χ3v) is 5.38. The third-order valence-electron chi connectivity index (χ3n) is 5.38. The largest absolute Gasteiger partial charge is 0.493 e. The highest BCUT2D eigenvalue weighted by Gasteiger charge is 2.17. The van der Waals surface area contributed by atoms with E-state index in [2.05, 4.69) is 15.5 Å². The van der Waals surface area contributed by atoms with Gasteiger partial charge >= 0.3 is 0 Å². The Morgan fingerprint density at radius 2 is 1.88 bits per heavy atom. The summed E-state index contributed by atoms with van der Waals surface area (Å²) in [5.41, 5.74) is 5.37. The van der Waals surface area contributed by atoms with Crippen LogP contribution >= 0.6 is 0 Å². The zero-order valence-electron chi connectivity index (χ0n) is 18.8. The normalized spacial score (nSPS) is 12.1. The second kappa shape index (κ2) is 9.84. The maximum absolute atomic E-state index is 12.8. The van der Waals surface area contributed by atoms with E-state index in [1.54, 1.807) is 32.5 Å². The average molecular weight is 431 g/mol. The van der Waals surface area contributed by atoms with Crippen molar-refractivity contribution in [1.82, 2.24) is 15.5 Å². The number of hydrogen-bond acceptors (Lipinski definition) is 5. The summed E-state index contributed by atoms with van der Waals surface area (Å²) in [6, 6.07) is 13.2. The first kappa shape index (κ1) is 22.6. The predicted molar refractivity (Wildman–Crippen MR) is 123 cm³/mol. The molecule has 1 unspecified atom stereocenters. The SMILES string of the molecule is COc1ccc(-c2[nH]ncc2/C=C(/C#N)C(=O)NC(C)c2ccc(C)c(C)c2)cc1OC. The molecule has 0 saturated heterocycles. The van der Waals surface area contributed by atoms with E-state index < -0.39 is 5.91 Å². The molecule has 1 atom stereocenters. The number of nitrogens with one attached hydrogen (secondary N) is 2. The number of aryl methyl sites for hydroxylation is 2. The first-order valence-corrected chi connectivity index (χ1v) is 10.1. The second-order valence-electron chi connectivity index (χ2n) is 7.48. The fourth-order valence-electron chi connectivity index (χ4n) is 3.32. The van der Waals surface area contributed by atoms with Gasteiger partial charge in [-0.05, 0) is 61.7 Å². The quantitative estimate of drug-likeness (QED) is 0.425. The van der Waals surface area contributed by atoms with Crippen LogP contribution in [0.2, 0.25) is 0 Å². The van der Waals surface area contributed by atoms with Crippen LogP contribution in [0.5, 0.6) is 11.5 Å². The molecule has 3 rings (SSSR count). The van der Waals surface area contributed by atoms with E-state index in [9.17, 15) is 10.1 Å². The van der Waals surface area contributed by atoms with Gasteiger partial charge in [0.25, 0.3) is 5.91 Å². The number of carbonyl (C=O) groups is 1. The monoisotopic (exact) mass is 430 g/mol. The van der Waals surface area contributed by atoms with Gasteiger partial charge in [0, 0.05) is 11.1 Å². The number of aromatic nitrogens is 2. The Balaban J connectivity index is 1.86. The van der Waals surface area contributed by atoms with Crippen molar-refractivity contribution in [3.8, 4) is 28.8 Å². The number of H-pyrrole nitrogens is 1. The lowest BCUT2D eigenvalue weighted by atomic mass is 10.0. The Morgan fingerprint density at radius 3 is 2.53 bits per heavy atom. The average Bonchev–Trinajstić information content (AvgIpc) is 3.26. The molecular formula is C25H26N4O3. The van der Waals surface area contributed by atoms with Gasteiger partial charge in [-0.2, -0.15) is 10.4 Å². The molecule has 164 valence electrons. The van der Waals surface area contributed by atoms with E-state index in [0.717, 1.165) is 16.7 Å². The molecule has 32 heavy (non-hydrogen) atoms. The Kier molecular flexibility index (Phi) is 6.96. The van der Waals surface area contributed by atoms with Crippen molar-refractivity contribution in [3.63, 3.8) is 0 Å². The first-order valence-electron chi connectivity index (χ1n) is 10.1. The second-order valence-corrected chi connectivity index (χ2v) is 7.48. The summed E-state index contributed by atoms with van der Waals surface area (Å²) < 4.78 is 10.6. The van der Waals surface area contributed by atoms with Gasteiger partial charge in [0.2, 0.25) is 0 Å². The zero-order chi connectivity index (χ0) is 23.3. The Morgan fingerprint density at radius 1 is 1.12 bits per heavy atom. The molecule has 0 fully saturated rings. The molecular weight excluding hydrogens is 404 g/mol. The van der Waals surface area contributed by atoms with E-state index in [1.807, 2.05) is 51.1 Å². The molecule has 1 amide bonds. The van der Waals surface area contributed by atoms with E-state index in [1.165, 1.54) is 11.6 Å². The summed E-state index contributed by atoms with van der Waals surface area (Å²) in [4.78, 5) is 12.8. The molecule has 3 aromatic rings. The molecule has 0 aliphatic heterocycles. The van der Waals surface area contributed by atoms with E-state index in [-0.39, 0.29) is 11.6 Å². The molecule has 2 aromatic carbocycles. The minimum absolute atomic E-state index is 0.0104. The van der Waals surface area contributed by atoms with E-state index in [0.29, 0.717) is 22.8 Å². The lowest BCUT2D eigenvalue weighted by molar-refractivity contribution is -0.117.